The topological polar surface area (TPSA) is 82.2 Å². The van der Waals surface area contributed by atoms with E-state index in [0.29, 0.717) is 18.7 Å². The maximum atomic E-state index is 11.1. The van der Waals surface area contributed by atoms with E-state index in [-0.39, 0.29) is 6.54 Å². The first kappa shape index (κ1) is 12.2. The molecule has 0 atom stereocenters. The van der Waals surface area contributed by atoms with Gasteiger partial charge in [0.25, 0.3) is 0 Å². The van der Waals surface area contributed by atoms with Crippen molar-refractivity contribution in [2.24, 2.45) is 0 Å². The first-order chi connectivity index (χ1) is 9.70. The van der Waals surface area contributed by atoms with Crippen molar-refractivity contribution in [3.05, 3.63) is 41.9 Å². The van der Waals surface area contributed by atoms with Crippen molar-refractivity contribution in [3.63, 3.8) is 0 Å². The summed E-state index contributed by atoms with van der Waals surface area (Å²) in [6, 6.07) is 7.72. The summed E-state index contributed by atoms with van der Waals surface area (Å²) in [4.78, 5) is 16.5. The van der Waals surface area contributed by atoms with Gasteiger partial charge in [-0.15, -0.1) is 0 Å². The van der Waals surface area contributed by atoms with E-state index in [2.05, 4.69) is 11.1 Å². The number of hydrogen-bond donors (Lipinski definition) is 1. The van der Waals surface area contributed by atoms with Crippen molar-refractivity contribution in [1.29, 1.82) is 5.26 Å². The van der Waals surface area contributed by atoms with Crippen LogP contribution in [-0.4, -0.2) is 32.2 Å². The van der Waals surface area contributed by atoms with Crippen molar-refractivity contribution in [2.45, 2.75) is 13.1 Å². The normalized spacial score (nSPS) is 13.7. The predicted molar refractivity (Wildman–Crippen MR) is 70.8 cm³/mol. The van der Waals surface area contributed by atoms with Gasteiger partial charge in [0.1, 0.15) is 6.07 Å². The molecule has 6 heteroatoms. The highest BCUT2D eigenvalue weighted by atomic mass is 16.4. The monoisotopic (exact) mass is 268 g/mol. The molecule has 0 radical (unpaired) electrons. The van der Waals surface area contributed by atoms with Crippen LogP contribution in [-0.2, 0) is 13.1 Å². The molecule has 0 unspecified atom stereocenters. The second kappa shape index (κ2) is 4.70. The van der Waals surface area contributed by atoms with Crippen LogP contribution in [0.5, 0.6) is 0 Å². The Bertz CT molecular complexity index is 700. The van der Waals surface area contributed by atoms with Crippen molar-refractivity contribution in [1.82, 2.24) is 14.5 Å². The van der Waals surface area contributed by atoms with Crippen LogP contribution in [0.2, 0.25) is 0 Å². The number of nitrogens with zero attached hydrogens (tertiary/aromatic N) is 4. The van der Waals surface area contributed by atoms with Crippen molar-refractivity contribution in [2.75, 3.05) is 6.54 Å². The largest absolute Gasteiger partial charge is 0.465 e. The Morgan fingerprint density at radius 3 is 2.95 bits per heavy atom. The Morgan fingerprint density at radius 2 is 2.30 bits per heavy atom. The second-order valence-corrected chi connectivity index (χ2v) is 4.60. The number of aromatic nitrogens is 2. The van der Waals surface area contributed by atoms with Gasteiger partial charge < -0.3 is 14.6 Å². The summed E-state index contributed by atoms with van der Waals surface area (Å²) in [5, 5.41) is 18.3. The van der Waals surface area contributed by atoms with Gasteiger partial charge >= 0.3 is 6.09 Å². The van der Waals surface area contributed by atoms with E-state index >= 15 is 0 Å². The number of carbonyl (C=O) groups is 1. The molecule has 0 saturated carbocycles. The molecule has 20 heavy (non-hydrogen) atoms. The lowest BCUT2D eigenvalue weighted by atomic mass is 10.2. The molecule has 0 fully saturated rings. The van der Waals surface area contributed by atoms with Crippen LogP contribution in [0.3, 0.4) is 0 Å². The van der Waals surface area contributed by atoms with Crippen LogP contribution in [0.15, 0.2) is 30.6 Å². The van der Waals surface area contributed by atoms with Gasteiger partial charge in [0.15, 0.2) is 0 Å². The third-order valence-corrected chi connectivity index (χ3v) is 3.49. The fourth-order valence-electron chi connectivity index (χ4n) is 2.51. The molecule has 0 aromatic carbocycles. The molecule has 2 aromatic heterocycles. The summed E-state index contributed by atoms with van der Waals surface area (Å²) in [6.07, 6.45) is 2.48. The third kappa shape index (κ3) is 1.89. The molecule has 6 nitrogen and oxygen atoms in total. The molecule has 0 saturated heterocycles. The summed E-state index contributed by atoms with van der Waals surface area (Å²) >= 11 is 0. The Labute approximate surface area is 115 Å². The number of rotatable bonds is 1. The van der Waals surface area contributed by atoms with Crippen LogP contribution in [0.1, 0.15) is 11.3 Å². The van der Waals surface area contributed by atoms with Gasteiger partial charge in [0.2, 0.25) is 0 Å². The van der Waals surface area contributed by atoms with E-state index < -0.39 is 6.09 Å². The van der Waals surface area contributed by atoms with Crippen LogP contribution in [0.25, 0.3) is 11.3 Å². The Balaban J connectivity index is 2.09. The molecular weight excluding hydrogens is 256 g/mol. The van der Waals surface area contributed by atoms with Crippen LogP contribution >= 0.6 is 0 Å². The second-order valence-electron chi connectivity index (χ2n) is 4.60. The lowest BCUT2D eigenvalue weighted by molar-refractivity contribution is 0.133. The molecular formula is C14H12N4O2. The minimum atomic E-state index is -0.954. The molecule has 0 spiro atoms. The highest BCUT2D eigenvalue weighted by molar-refractivity contribution is 5.67. The minimum absolute atomic E-state index is 0.249. The Morgan fingerprint density at radius 1 is 1.45 bits per heavy atom. The van der Waals surface area contributed by atoms with E-state index in [1.807, 2.05) is 16.7 Å². The summed E-state index contributed by atoms with van der Waals surface area (Å²) in [5.41, 5.74) is 3.11. The van der Waals surface area contributed by atoms with Crippen LogP contribution in [0.4, 0.5) is 4.79 Å². The molecule has 0 aliphatic carbocycles. The molecule has 2 aromatic rings. The number of hydrogen-bond acceptors (Lipinski definition) is 3. The SMILES string of the molecule is N#Cc1cc(-c2cccnc2)n2c1CN(C(=O)O)CC2. The van der Waals surface area contributed by atoms with Gasteiger partial charge in [0, 0.05) is 31.0 Å². The smallest absolute Gasteiger partial charge is 0.407 e. The molecule has 1 N–H and O–H groups in total. The summed E-state index contributed by atoms with van der Waals surface area (Å²) < 4.78 is 2.01. The van der Waals surface area contributed by atoms with Crippen molar-refractivity contribution in [3.8, 4) is 17.3 Å². The van der Waals surface area contributed by atoms with Gasteiger partial charge in [-0.25, -0.2) is 4.79 Å². The Hall–Kier alpha value is -2.81. The fraction of sp³-hybridized carbons (Fsp3) is 0.214. The zero-order chi connectivity index (χ0) is 14.1. The number of fused-ring (bicyclic) bond motifs is 1. The van der Waals surface area contributed by atoms with Gasteiger partial charge in [-0.3, -0.25) is 4.98 Å². The van der Waals surface area contributed by atoms with E-state index in [4.69, 9.17) is 5.11 Å². The van der Waals surface area contributed by atoms with E-state index in [9.17, 15) is 10.1 Å². The molecule has 3 heterocycles. The Kier molecular flexibility index (Phi) is 2.88. The number of pyridine rings is 1. The molecule has 0 bridgehead atoms. The molecule has 3 rings (SSSR count). The van der Waals surface area contributed by atoms with Gasteiger partial charge in [0.05, 0.1) is 23.5 Å². The lowest BCUT2D eigenvalue weighted by Crippen LogP contribution is -2.37. The number of amides is 1. The first-order valence-electron chi connectivity index (χ1n) is 6.21. The molecule has 100 valence electrons. The van der Waals surface area contributed by atoms with Crippen molar-refractivity contribution < 1.29 is 9.90 Å². The van der Waals surface area contributed by atoms with E-state index in [0.717, 1.165) is 17.0 Å². The molecule has 1 aliphatic heterocycles. The molecule has 1 aliphatic rings. The highest BCUT2D eigenvalue weighted by Gasteiger charge is 2.25. The average molecular weight is 268 g/mol. The van der Waals surface area contributed by atoms with Gasteiger partial charge in [-0.1, -0.05) is 0 Å². The van der Waals surface area contributed by atoms with Crippen molar-refractivity contribution >= 4 is 6.09 Å². The summed E-state index contributed by atoms with van der Waals surface area (Å²) in [5.74, 6) is 0. The summed E-state index contributed by atoms with van der Waals surface area (Å²) in [6.45, 7) is 1.22. The van der Waals surface area contributed by atoms with E-state index in [1.54, 1.807) is 18.5 Å². The van der Waals surface area contributed by atoms with Gasteiger partial charge in [-0.2, -0.15) is 5.26 Å². The number of carboxylic acid groups (broad SMARTS) is 1. The quantitative estimate of drug-likeness (QED) is 0.856. The van der Waals surface area contributed by atoms with E-state index in [1.165, 1.54) is 4.90 Å². The first-order valence-corrected chi connectivity index (χ1v) is 6.21. The fourth-order valence-corrected chi connectivity index (χ4v) is 2.51. The standard InChI is InChI=1S/C14H12N4O2/c15-7-11-6-12(10-2-1-3-16-8-10)18-5-4-17(14(19)20)9-13(11)18/h1-3,6,8H,4-5,9H2,(H,19,20). The van der Waals surface area contributed by atoms with Gasteiger partial charge in [-0.05, 0) is 18.2 Å². The average Bonchev–Trinajstić information content (AvgIpc) is 2.86. The molecule has 1 amide bonds. The summed E-state index contributed by atoms with van der Waals surface area (Å²) in [7, 11) is 0. The maximum Gasteiger partial charge on any atom is 0.407 e. The minimum Gasteiger partial charge on any atom is -0.465 e. The zero-order valence-electron chi connectivity index (χ0n) is 10.7. The lowest BCUT2D eigenvalue weighted by Gasteiger charge is -2.27. The third-order valence-electron chi connectivity index (χ3n) is 3.49. The highest BCUT2D eigenvalue weighted by Crippen LogP contribution is 2.28. The van der Waals surface area contributed by atoms with Crippen LogP contribution in [0, 0.1) is 11.3 Å². The zero-order valence-corrected chi connectivity index (χ0v) is 10.7. The number of nitriles is 1. The maximum absolute atomic E-state index is 11.1. The predicted octanol–water partition coefficient (Wildman–Crippen LogP) is 1.92. The van der Waals surface area contributed by atoms with Crippen LogP contribution < -0.4 is 0 Å².